The first-order chi connectivity index (χ1) is 17.5. The van der Waals surface area contributed by atoms with Crippen LogP contribution >= 0.6 is 0 Å². The molecule has 0 spiro atoms. The topological polar surface area (TPSA) is 134 Å². The van der Waals surface area contributed by atoms with Crippen molar-refractivity contribution in [1.82, 2.24) is 5.32 Å². The first-order valence-corrected chi connectivity index (χ1v) is 12.4. The van der Waals surface area contributed by atoms with Gasteiger partial charge in [0.15, 0.2) is 11.9 Å². The van der Waals surface area contributed by atoms with Crippen LogP contribution in [0.1, 0.15) is 47.0 Å². The highest BCUT2D eigenvalue weighted by Gasteiger charge is 2.32. The molecule has 2 bridgehead atoms. The number of methoxy groups -OCH3 is 2. The molecule has 0 aromatic heterocycles. The van der Waals surface area contributed by atoms with Gasteiger partial charge in [-0.3, -0.25) is 14.4 Å². The quantitative estimate of drug-likeness (QED) is 0.435. The molecular weight excluding hydrogens is 476 g/mol. The molecule has 0 saturated heterocycles. The van der Waals surface area contributed by atoms with Crippen molar-refractivity contribution in [2.24, 2.45) is 17.6 Å². The number of hydrogen-bond acceptors (Lipinski definition) is 7. The molecule has 9 nitrogen and oxygen atoms in total. The summed E-state index contributed by atoms with van der Waals surface area (Å²) < 4.78 is 16.6. The van der Waals surface area contributed by atoms with Crippen molar-refractivity contribution < 1.29 is 33.4 Å². The van der Waals surface area contributed by atoms with E-state index >= 15 is 0 Å². The van der Waals surface area contributed by atoms with Crippen LogP contribution in [0.15, 0.2) is 58.9 Å². The lowest BCUT2D eigenvalue weighted by atomic mass is 9.86. The predicted octanol–water partition coefficient (Wildman–Crippen LogP) is 3.46. The third-order valence-corrected chi connectivity index (χ3v) is 6.55. The summed E-state index contributed by atoms with van der Waals surface area (Å²) in [5.74, 6) is -1.26. The molecule has 9 heteroatoms. The van der Waals surface area contributed by atoms with Crippen LogP contribution in [0.3, 0.4) is 0 Å². The Kier molecular flexibility index (Phi) is 11.2. The Bertz CT molecular complexity index is 1050. The number of carbonyl (C=O) groups is 4. The van der Waals surface area contributed by atoms with Crippen LogP contribution in [0.4, 0.5) is 4.79 Å². The zero-order valence-electron chi connectivity index (χ0n) is 22.4. The van der Waals surface area contributed by atoms with E-state index in [1.807, 2.05) is 19.9 Å². The van der Waals surface area contributed by atoms with Crippen molar-refractivity contribution in [2.45, 2.75) is 65.3 Å². The zero-order valence-corrected chi connectivity index (χ0v) is 22.4. The lowest BCUT2D eigenvalue weighted by Crippen LogP contribution is -2.36. The smallest absolute Gasteiger partial charge is 0.405 e. The second kappa shape index (κ2) is 13.9. The van der Waals surface area contributed by atoms with Gasteiger partial charge < -0.3 is 25.3 Å². The van der Waals surface area contributed by atoms with Crippen LogP contribution in [-0.4, -0.2) is 56.1 Å². The van der Waals surface area contributed by atoms with E-state index in [0.717, 1.165) is 30.9 Å². The fourth-order valence-corrected chi connectivity index (χ4v) is 4.59. The summed E-state index contributed by atoms with van der Waals surface area (Å²) in [6, 6.07) is 0. The van der Waals surface area contributed by atoms with Gasteiger partial charge in [0.25, 0.3) is 5.91 Å². The Morgan fingerprint density at radius 2 is 1.73 bits per heavy atom. The third-order valence-electron chi connectivity index (χ3n) is 6.55. The summed E-state index contributed by atoms with van der Waals surface area (Å²) in [4.78, 5) is 49.9. The second-order valence-corrected chi connectivity index (χ2v) is 9.59. The van der Waals surface area contributed by atoms with Crippen LogP contribution in [0.25, 0.3) is 0 Å². The summed E-state index contributed by atoms with van der Waals surface area (Å²) in [7, 11) is 2.99. The zero-order chi connectivity index (χ0) is 27.7. The summed E-state index contributed by atoms with van der Waals surface area (Å²) in [6.07, 6.45) is 8.72. The average Bonchev–Trinajstić information content (AvgIpc) is 2.82. The SMILES string of the molecule is COC1C=CC=C(C)C(=O)NC2=CC(=O)C=C(C2=O)C(OC)C(C)CCCC(C)C=C(C)C1OC(N)=O. The number of primary amides is 1. The van der Waals surface area contributed by atoms with Gasteiger partial charge in [-0.1, -0.05) is 44.6 Å². The molecule has 0 aromatic carbocycles. The molecule has 5 atom stereocenters. The maximum atomic E-state index is 13.2. The van der Waals surface area contributed by atoms with Crippen LogP contribution in [0.5, 0.6) is 0 Å². The Labute approximate surface area is 218 Å². The highest BCUT2D eigenvalue weighted by molar-refractivity contribution is 6.22. The van der Waals surface area contributed by atoms with E-state index in [2.05, 4.69) is 12.2 Å². The molecule has 2 rings (SSSR count). The minimum atomic E-state index is -0.919. The van der Waals surface area contributed by atoms with Crippen molar-refractivity contribution in [3.05, 3.63) is 58.9 Å². The maximum absolute atomic E-state index is 13.2. The van der Waals surface area contributed by atoms with E-state index in [9.17, 15) is 19.2 Å². The van der Waals surface area contributed by atoms with E-state index in [1.54, 1.807) is 19.1 Å². The number of Topliss-reactive ketones (excluding diaryl/α,β-unsaturated/α-hetero) is 1. The molecule has 0 fully saturated rings. The number of amides is 2. The highest BCUT2D eigenvalue weighted by Crippen LogP contribution is 2.27. The fraction of sp³-hybridized carbons (Fsp3) is 0.500. The largest absolute Gasteiger partial charge is 0.439 e. The Morgan fingerprint density at radius 1 is 1.03 bits per heavy atom. The number of nitrogens with one attached hydrogen (secondary N) is 1. The highest BCUT2D eigenvalue weighted by atomic mass is 16.6. The summed E-state index contributed by atoms with van der Waals surface area (Å²) in [6.45, 7) is 7.46. The van der Waals surface area contributed by atoms with Gasteiger partial charge in [0.05, 0.1) is 11.8 Å². The summed E-state index contributed by atoms with van der Waals surface area (Å²) in [5, 5.41) is 2.55. The van der Waals surface area contributed by atoms with Gasteiger partial charge in [-0.25, -0.2) is 4.79 Å². The molecule has 3 N–H and O–H groups in total. The maximum Gasteiger partial charge on any atom is 0.405 e. The Hall–Kier alpha value is -3.30. The van der Waals surface area contributed by atoms with Crippen molar-refractivity contribution in [2.75, 3.05) is 14.2 Å². The van der Waals surface area contributed by atoms with E-state index in [0.29, 0.717) is 0 Å². The van der Waals surface area contributed by atoms with Gasteiger partial charge in [-0.2, -0.15) is 0 Å². The van der Waals surface area contributed by atoms with Crippen LogP contribution in [0, 0.1) is 11.8 Å². The van der Waals surface area contributed by atoms with Crippen molar-refractivity contribution in [3.63, 3.8) is 0 Å². The van der Waals surface area contributed by atoms with E-state index in [4.69, 9.17) is 19.9 Å². The van der Waals surface area contributed by atoms with Crippen LogP contribution in [-0.2, 0) is 28.6 Å². The molecule has 1 heterocycles. The first kappa shape index (κ1) is 29.9. The number of nitrogens with two attached hydrogens (primary N) is 1. The third kappa shape index (κ3) is 8.36. The van der Waals surface area contributed by atoms with Gasteiger partial charge in [0.1, 0.15) is 6.10 Å². The molecule has 2 aliphatic rings. The average molecular weight is 515 g/mol. The van der Waals surface area contributed by atoms with E-state index in [-0.39, 0.29) is 34.5 Å². The molecule has 2 amide bonds. The number of ether oxygens (including phenoxy) is 3. The minimum Gasteiger partial charge on any atom is -0.439 e. The summed E-state index contributed by atoms with van der Waals surface area (Å²) in [5.41, 5.74) is 6.54. The van der Waals surface area contributed by atoms with Crippen LogP contribution in [0.2, 0.25) is 0 Å². The Balaban J connectivity index is 2.48. The standard InChI is InChI=1S/C28H38N2O7/c1-16-9-7-10-17(2)25(36-6)21-14-20(31)15-22(24(21)32)30-27(33)18(3)11-8-12-23(35-5)26(19(4)13-16)37-28(29)34/h8,11-17,23,25-26H,7,9-10H2,1-6H3,(H2,29,34)(H,30,33). The predicted molar refractivity (Wildman–Crippen MR) is 139 cm³/mol. The molecule has 1 aliphatic carbocycles. The second-order valence-electron chi connectivity index (χ2n) is 9.59. The molecule has 1 aliphatic heterocycles. The number of carbonyl (C=O) groups excluding carboxylic acids is 4. The molecule has 0 radical (unpaired) electrons. The molecule has 202 valence electrons. The van der Waals surface area contributed by atoms with Gasteiger partial charge in [-0.05, 0) is 50.2 Å². The molecule has 37 heavy (non-hydrogen) atoms. The monoisotopic (exact) mass is 514 g/mol. The number of ketones is 2. The van der Waals surface area contributed by atoms with Crippen molar-refractivity contribution >= 4 is 23.6 Å². The molecule has 0 aromatic rings. The van der Waals surface area contributed by atoms with Crippen LogP contribution < -0.4 is 11.1 Å². The molecular formula is C28H38N2O7. The normalized spacial score (nSPS) is 28.5. The minimum absolute atomic E-state index is 0.0583. The van der Waals surface area contributed by atoms with Crippen molar-refractivity contribution in [1.29, 1.82) is 0 Å². The van der Waals surface area contributed by atoms with Crippen molar-refractivity contribution in [3.8, 4) is 0 Å². The van der Waals surface area contributed by atoms with Gasteiger partial charge in [0.2, 0.25) is 5.78 Å². The number of fused-ring (bicyclic) bond motifs is 2. The number of rotatable bonds is 3. The van der Waals surface area contributed by atoms with E-state index < -0.39 is 36.1 Å². The fourth-order valence-electron chi connectivity index (χ4n) is 4.59. The summed E-state index contributed by atoms with van der Waals surface area (Å²) >= 11 is 0. The molecule has 0 saturated carbocycles. The number of hydrogen-bond donors (Lipinski definition) is 2. The van der Waals surface area contributed by atoms with Gasteiger partial charge >= 0.3 is 6.09 Å². The van der Waals surface area contributed by atoms with Gasteiger partial charge in [0, 0.05) is 31.4 Å². The van der Waals surface area contributed by atoms with E-state index in [1.165, 1.54) is 26.4 Å². The van der Waals surface area contributed by atoms with Gasteiger partial charge in [-0.15, -0.1) is 0 Å². The first-order valence-electron chi connectivity index (χ1n) is 12.4. The Morgan fingerprint density at radius 3 is 2.35 bits per heavy atom. The number of allylic oxidation sites excluding steroid dienone is 6. The molecule has 5 unspecified atom stereocenters. The lowest BCUT2D eigenvalue weighted by Gasteiger charge is -2.27. The lowest BCUT2D eigenvalue weighted by molar-refractivity contribution is -0.120.